The molecule has 10 heteroatoms. The van der Waals surface area contributed by atoms with Crippen LogP contribution in [0.4, 0.5) is 21.8 Å². The number of aryl methyl sites for hydroxylation is 1. The summed E-state index contributed by atoms with van der Waals surface area (Å²) in [5.41, 5.74) is 7.41. The average molecular weight is 496 g/mol. The fourth-order valence-corrected chi connectivity index (χ4v) is 5.41. The number of piperazine rings is 1. The Balaban J connectivity index is 1.23. The number of ether oxygens (including phenoxy) is 1. The largest absolute Gasteiger partial charge is 0.492 e. The van der Waals surface area contributed by atoms with Crippen LogP contribution in [0.15, 0.2) is 36.5 Å². The Hall–Kier alpha value is -3.24. The van der Waals surface area contributed by atoms with E-state index in [-0.39, 0.29) is 41.5 Å². The number of carbonyl (C=O) groups excluding carboxylic acids is 1. The number of nitrogens with one attached hydrogen (secondary N) is 2. The number of hydrogen-bond acceptors (Lipinski definition) is 8. The summed E-state index contributed by atoms with van der Waals surface area (Å²) in [5.74, 6) is -0.0259. The topological polar surface area (TPSA) is 109 Å². The SMILES string of the molecule is Cc1ccc(Nc2ncc(F)c(NC3C4C=CC(C4)C3C(N)=O)n2)cc1OCCN1CCN(C)CC1. The minimum atomic E-state index is -0.577. The minimum absolute atomic E-state index is 0.0560. The number of anilines is 3. The fourth-order valence-electron chi connectivity index (χ4n) is 5.41. The van der Waals surface area contributed by atoms with Gasteiger partial charge in [0.15, 0.2) is 11.6 Å². The highest BCUT2D eigenvalue weighted by atomic mass is 19.1. The molecule has 4 unspecified atom stereocenters. The molecule has 1 saturated carbocycles. The predicted molar refractivity (Wildman–Crippen MR) is 137 cm³/mol. The zero-order chi connectivity index (χ0) is 25.2. The van der Waals surface area contributed by atoms with Crippen molar-refractivity contribution in [1.29, 1.82) is 0 Å². The first-order chi connectivity index (χ1) is 17.4. The van der Waals surface area contributed by atoms with Crippen LogP contribution in [0.5, 0.6) is 5.75 Å². The van der Waals surface area contributed by atoms with Gasteiger partial charge in [0.1, 0.15) is 12.4 Å². The van der Waals surface area contributed by atoms with Crippen LogP contribution in [0.3, 0.4) is 0 Å². The number of aromatic nitrogens is 2. The van der Waals surface area contributed by atoms with Crippen molar-refractivity contribution in [2.45, 2.75) is 19.4 Å². The van der Waals surface area contributed by atoms with E-state index in [4.69, 9.17) is 10.5 Å². The number of fused-ring (bicyclic) bond motifs is 2. The van der Waals surface area contributed by atoms with Gasteiger partial charge < -0.3 is 26.0 Å². The summed E-state index contributed by atoms with van der Waals surface area (Å²) in [6.45, 7) is 7.75. The molecule has 9 nitrogen and oxygen atoms in total. The Bertz CT molecular complexity index is 1140. The Morgan fingerprint density at radius 1 is 1.22 bits per heavy atom. The van der Waals surface area contributed by atoms with Crippen molar-refractivity contribution < 1.29 is 13.9 Å². The lowest BCUT2D eigenvalue weighted by Gasteiger charge is -2.32. The van der Waals surface area contributed by atoms with Crippen LogP contribution in [0, 0.1) is 30.5 Å². The molecule has 1 saturated heterocycles. The summed E-state index contributed by atoms with van der Waals surface area (Å²) in [6, 6.07) is 5.50. The normalized spacial score (nSPS) is 25.8. The number of primary amides is 1. The molecule has 3 aliphatic rings. The molecular weight excluding hydrogens is 461 g/mol. The highest BCUT2D eigenvalue weighted by molar-refractivity contribution is 5.79. The van der Waals surface area contributed by atoms with Gasteiger partial charge >= 0.3 is 0 Å². The van der Waals surface area contributed by atoms with E-state index in [9.17, 15) is 9.18 Å². The molecule has 4 atom stereocenters. The van der Waals surface area contributed by atoms with Gasteiger partial charge in [0.2, 0.25) is 11.9 Å². The van der Waals surface area contributed by atoms with E-state index in [1.54, 1.807) is 0 Å². The molecule has 2 fully saturated rings. The minimum Gasteiger partial charge on any atom is -0.492 e. The first kappa shape index (κ1) is 24.5. The summed E-state index contributed by atoms with van der Waals surface area (Å²) in [4.78, 5) is 25.2. The maximum absolute atomic E-state index is 14.6. The van der Waals surface area contributed by atoms with Gasteiger partial charge in [-0.1, -0.05) is 18.2 Å². The average Bonchev–Trinajstić information content (AvgIpc) is 3.46. The molecule has 192 valence electrons. The molecule has 4 N–H and O–H groups in total. The molecular formula is C26H34FN7O2. The van der Waals surface area contributed by atoms with Crippen molar-refractivity contribution in [2.75, 3.05) is 57.0 Å². The maximum atomic E-state index is 14.6. The van der Waals surface area contributed by atoms with E-state index < -0.39 is 5.82 Å². The third-order valence-corrected chi connectivity index (χ3v) is 7.54. The lowest BCUT2D eigenvalue weighted by atomic mass is 9.88. The van der Waals surface area contributed by atoms with Crippen molar-refractivity contribution >= 4 is 23.4 Å². The number of allylic oxidation sites excluding steroid dienone is 1. The highest BCUT2D eigenvalue weighted by Gasteiger charge is 2.47. The first-order valence-corrected chi connectivity index (χ1v) is 12.6. The highest BCUT2D eigenvalue weighted by Crippen LogP contribution is 2.44. The number of halogens is 1. The summed E-state index contributed by atoms with van der Waals surface area (Å²) in [6.07, 6.45) is 6.06. The molecule has 0 spiro atoms. The third kappa shape index (κ3) is 5.29. The number of hydrogen-bond donors (Lipinski definition) is 3. The van der Waals surface area contributed by atoms with Crippen LogP contribution in [-0.2, 0) is 4.79 Å². The second-order valence-electron chi connectivity index (χ2n) is 10.0. The van der Waals surface area contributed by atoms with Crippen LogP contribution in [0.2, 0.25) is 0 Å². The van der Waals surface area contributed by atoms with Gasteiger partial charge in [-0.15, -0.1) is 0 Å². The van der Waals surface area contributed by atoms with Crippen LogP contribution in [0.25, 0.3) is 0 Å². The summed E-state index contributed by atoms with van der Waals surface area (Å²) >= 11 is 0. The Labute approximate surface area is 210 Å². The molecule has 5 rings (SSSR count). The number of nitrogens with two attached hydrogens (primary N) is 1. The zero-order valence-corrected chi connectivity index (χ0v) is 20.8. The van der Waals surface area contributed by atoms with E-state index in [2.05, 4.69) is 43.5 Å². The van der Waals surface area contributed by atoms with Crippen molar-refractivity contribution in [3.63, 3.8) is 0 Å². The van der Waals surface area contributed by atoms with Crippen molar-refractivity contribution in [3.8, 4) is 5.75 Å². The van der Waals surface area contributed by atoms with Gasteiger partial charge in [0.25, 0.3) is 0 Å². The van der Waals surface area contributed by atoms with Gasteiger partial charge in [-0.25, -0.2) is 9.37 Å². The number of nitrogens with zero attached hydrogens (tertiary/aromatic N) is 4. The maximum Gasteiger partial charge on any atom is 0.229 e. The molecule has 2 heterocycles. The van der Waals surface area contributed by atoms with E-state index >= 15 is 0 Å². The van der Waals surface area contributed by atoms with E-state index in [1.807, 2.05) is 31.2 Å². The molecule has 1 amide bonds. The van der Waals surface area contributed by atoms with E-state index in [0.29, 0.717) is 6.61 Å². The molecule has 1 aromatic carbocycles. The number of carbonyl (C=O) groups is 1. The van der Waals surface area contributed by atoms with Gasteiger partial charge in [0, 0.05) is 50.5 Å². The standard InChI is InChI=1S/C26H34FN7O2/c1-16-3-6-19(14-21(16)36-12-11-34-9-7-33(2)8-10-34)30-26-29-15-20(27)25(32-26)31-23-18-5-4-17(13-18)22(23)24(28)35/h3-6,14-15,17-18,22-23H,7-13H2,1-2H3,(H2,28,35)(H2,29,30,31,32). The lowest BCUT2D eigenvalue weighted by molar-refractivity contribution is -0.122. The summed E-state index contributed by atoms with van der Waals surface area (Å²) < 4.78 is 20.7. The van der Waals surface area contributed by atoms with Crippen molar-refractivity contribution in [1.82, 2.24) is 19.8 Å². The van der Waals surface area contributed by atoms with E-state index in [1.165, 1.54) is 0 Å². The van der Waals surface area contributed by atoms with Crippen LogP contribution in [-0.4, -0.2) is 78.1 Å². The molecule has 36 heavy (non-hydrogen) atoms. The molecule has 1 aromatic heterocycles. The Kier molecular flexibility index (Phi) is 7.06. The van der Waals surface area contributed by atoms with Gasteiger partial charge in [-0.3, -0.25) is 9.69 Å². The summed E-state index contributed by atoms with van der Waals surface area (Å²) in [5, 5.41) is 6.28. The Morgan fingerprint density at radius 3 is 2.78 bits per heavy atom. The lowest BCUT2D eigenvalue weighted by Crippen LogP contribution is -2.45. The second-order valence-corrected chi connectivity index (χ2v) is 10.0. The van der Waals surface area contributed by atoms with Gasteiger partial charge in [-0.2, -0.15) is 4.98 Å². The molecule has 2 bridgehead atoms. The fraction of sp³-hybridized carbons (Fsp3) is 0.500. The summed E-state index contributed by atoms with van der Waals surface area (Å²) in [7, 11) is 2.15. The first-order valence-electron chi connectivity index (χ1n) is 12.6. The predicted octanol–water partition coefficient (Wildman–Crippen LogP) is 2.38. The van der Waals surface area contributed by atoms with Gasteiger partial charge in [-0.05, 0) is 43.9 Å². The van der Waals surface area contributed by atoms with Crippen molar-refractivity contribution in [2.24, 2.45) is 23.5 Å². The van der Waals surface area contributed by atoms with Crippen LogP contribution >= 0.6 is 0 Å². The monoisotopic (exact) mass is 495 g/mol. The Morgan fingerprint density at radius 2 is 2.00 bits per heavy atom. The number of likely N-dealkylation sites (N-methyl/N-ethyl adjacent to an activating group) is 1. The second kappa shape index (κ2) is 10.4. The van der Waals surface area contributed by atoms with E-state index in [0.717, 1.165) is 62.3 Å². The zero-order valence-electron chi connectivity index (χ0n) is 20.8. The molecule has 2 aliphatic carbocycles. The number of amides is 1. The number of benzene rings is 1. The molecule has 1 aliphatic heterocycles. The van der Waals surface area contributed by atoms with Crippen LogP contribution in [0.1, 0.15) is 12.0 Å². The van der Waals surface area contributed by atoms with Crippen LogP contribution < -0.4 is 21.1 Å². The molecule has 2 aromatic rings. The van der Waals surface area contributed by atoms with Gasteiger partial charge in [0.05, 0.1) is 12.1 Å². The quantitative estimate of drug-likeness (QED) is 0.455. The van der Waals surface area contributed by atoms with Crippen molar-refractivity contribution in [3.05, 3.63) is 47.9 Å². The number of rotatable bonds is 9. The third-order valence-electron chi connectivity index (χ3n) is 7.54. The molecule has 0 radical (unpaired) electrons. The smallest absolute Gasteiger partial charge is 0.229 e.